The van der Waals surface area contributed by atoms with E-state index in [2.05, 4.69) is 33.7 Å². The zero-order valence-corrected chi connectivity index (χ0v) is 92.9. The number of carboxylic acids is 1. The predicted molar refractivity (Wildman–Crippen MR) is 568 cm³/mol. The third-order valence-corrected chi connectivity index (χ3v) is 29.2. The van der Waals surface area contributed by atoms with E-state index in [9.17, 15) is 56.9 Å². The van der Waals surface area contributed by atoms with Crippen LogP contribution in [0.3, 0.4) is 0 Å². The van der Waals surface area contributed by atoms with Crippen molar-refractivity contribution < 1.29 is 109 Å². The summed E-state index contributed by atoms with van der Waals surface area (Å²) in [6.07, 6.45) is 31.0. The van der Waals surface area contributed by atoms with Gasteiger partial charge in [-0.2, -0.15) is 3.89 Å². The van der Waals surface area contributed by atoms with E-state index in [-0.39, 0.29) is 95.9 Å². The number of ether oxygens (including phenoxy) is 10. The van der Waals surface area contributed by atoms with Gasteiger partial charge < -0.3 is 67.4 Å². The summed E-state index contributed by atoms with van der Waals surface area (Å²) >= 11 is 25.3. The number of methoxy groups -OCH3 is 1. The third-order valence-electron chi connectivity index (χ3n) is 26.7. The number of ketones is 3. The van der Waals surface area contributed by atoms with E-state index in [1.807, 2.05) is 145 Å². The van der Waals surface area contributed by atoms with Crippen molar-refractivity contribution in [2.24, 2.45) is 35.5 Å². The molecule has 0 bridgehead atoms. The van der Waals surface area contributed by atoms with Gasteiger partial charge in [0, 0.05) is 105 Å². The van der Waals surface area contributed by atoms with Gasteiger partial charge in [0.2, 0.25) is 0 Å². The van der Waals surface area contributed by atoms with E-state index in [1.165, 1.54) is 43.4 Å². The molecule has 143 heavy (non-hydrogen) atoms. The minimum absolute atomic E-state index is 0.00587. The summed E-state index contributed by atoms with van der Waals surface area (Å²) in [5, 5.41) is 18.2. The molecular formula is C110H149Cl4FN2O22S4. The molecule has 0 aromatic heterocycles. The molecule has 6 aromatic carbocycles. The van der Waals surface area contributed by atoms with Gasteiger partial charge in [-0.1, -0.05) is 92.1 Å². The van der Waals surface area contributed by atoms with E-state index in [4.69, 9.17) is 89.4 Å². The third kappa shape index (κ3) is 39.5. The number of benzene rings is 6. The molecular weight excluding hydrogens is 1990 g/mol. The Kier molecular flexibility index (Phi) is 50.9. The Morgan fingerprint density at radius 3 is 0.972 bits per heavy atom. The van der Waals surface area contributed by atoms with E-state index in [0.29, 0.717) is 73.7 Å². The maximum absolute atomic E-state index is 13.7. The van der Waals surface area contributed by atoms with Gasteiger partial charge in [-0.15, -0.1) is 35.3 Å². The molecule has 3 unspecified atom stereocenters. The van der Waals surface area contributed by atoms with Crippen molar-refractivity contribution in [3.05, 3.63) is 176 Å². The Morgan fingerprint density at radius 1 is 0.413 bits per heavy atom. The molecule has 0 spiro atoms. The molecule has 5 aliphatic carbocycles. The molecule has 33 heteroatoms. The fourth-order valence-corrected chi connectivity index (χ4v) is 20.6. The highest BCUT2D eigenvalue weighted by molar-refractivity contribution is 7.99. The topological polar surface area (TPSA) is 310 Å². The first-order chi connectivity index (χ1) is 67.7. The second-order valence-electron chi connectivity index (χ2n) is 38.9. The van der Waals surface area contributed by atoms with E-state index in [0.717, 1.165) is 220 Å². The number of carbonyl (C=O) groups excluding carboxylic acids is 9. The first kappa shape index (κ1) is 122. The molecule has 7 fully saturated rings. The SMILES string of the molecule is CCOC(=O)C(C)(C)Oc1c(C)cc(CC[C@H]2CCCC2C(=O)c2ccc(SC)cc2)cc1C.CCOC(=O)C(C)(C)Oc1c(C)cc(CC[C@H]2CN(C(=O)OC3CCCC3)CC2C(=O)c2ccc(SC)cc2)cc1C.COC(=O)OC(Cl)(Cl)Cl.CSF.CSc1ccc(C(=O)C2CN(C(=O)OC3CCCC3)C[C@@H]2CCc2cc(C)c(OC(C)(C)C(=O)O)c(C)c2)cc1.O=C(Cl)OC1CCCC1.OC1CCCC1. The number of amides is 2. The number of esters is 2. The van der Waals surface area contributed by atoms with Crippen molar-refractivity contribution in [2.75, 3.05) is 71.5 Å². The summed E-state index contributed by atoms with van der Waals surface area (Å²) < 4.78 is 61.0. The van der Waals surface area contributed by atoms with Crippen molar-refractivity contribution in [2.45, 2.75) is 317 Å². The van der Waals surface area contributed by atoms with E-state index in [1.54, 1.807) is 86.6 Å². The normalized spacial score (nSPS) is 18.5. The number of hydrogen-bond donors (Lipinski definition) is 2. The highest BCUT2D eigenvalue weighted by Crippen LogP contribution is 2.42. The van der Waals surface area contributed by atoms with Crippen LogP contribution in [0.1, 0.15) is 278 Å². The van der Waals surface area contributed by atoms with Crippen molar-refractivity contribution >= 4 is 153 Å². The van der Waals surface area contributed by atoms with Gasteiger partial charge in [0.05, 0.1) is 26.4 Å². The Hall–Kier alpha value is -8.13. The number of nitrogens with zero attached hydrogens (tertiary/aromatic N) is 2. The fraction of sp³-hybridized carbons (Fsp3) is 0.582. The quantitative estimate of drug-likeness (QED) is 0.00989. The zero-order valence-electron chi connectivity index (χ0n) is 86.6. The second kappa shape index (κ2) is 59.8. The van der Waals surface area contributed by atoms with Crippen molar-refractivity contribution in [1.29, 1.82) is 0 Å². The number of aliphatic carboxylic acids is 1. The van der Waals surface area contributed by atoms with Crippen LogP contribution in [0.2, 0.25) is 0 Å². The Labute approximate surface area is 883 Å². The van der Waals surface area contributed by atoms with Crippen LogP contribution in [0.4, 0.5) is 23.1 Å². The van der Waals surface area contributed by atoms with Crippen LogP contribution < -0.4 is 14.2 Å². The maximum atomic E-state index is 13.7. The van der Waals surface area contributed by atoms with Gasteiger partial charge in [-0.05, 0) is 396 Å². The predicted octanol–water partition coefficient (Wildman–Crippen LogP) is 27.4. The number of thioether (sulfide) groups is 3. The lowest BCUT2D eigenvalue weighted by Crippen LogP contribution is -2.40. The average molecular weight is 2140 g/mol. The van der Waals surface area contributed by atoms with Crippen LogP contribution in [0, 0.1) is 77.0 Å². The van der Waals surface area contributed by atoms with Gasteiger partial charge in [-0.25, -0.2) is 33.6 Å². The second-order valence-corrected chi connectivity index (χ2v) is 44.4. The molecule has 24 nitrogen and oxygen atoms in total. The average Bonchev–Trinajstić information content (AvgIpc) is 1.63. The molecule has 0 radical (unpaired) electrons. The minimum atomic E-state index is -2.03. The summed E-state index contributed by atoms with van der Waals surface area (Å²) in [6, 6.07) is 36.0. The standard InChI is InChI=1S/C34H45NO6S.C32H41NO6S.C29H38O4S.C6H9ClO2.C5H10O.C3H3Cl3O3.CH3FS/c1-7-39-32(37)34(4,5)41-31-22(2)18-24(19-23(31)3)12-13-26-20-35(33(38)40-27-10-8-9-11-27)21-29(26)30(36)25-14-16-28(42-6)17-15-25;1-20-16-22(17-21(2)29(20)39-32(3,4)30(35)36)10-11-24-18-33(31(37)38-25-8-6-7-9-25)19-27(24)28(34)23-12-14-26(40-5)15-13-23;1-7-32-28(31)29(4,5)33-27-19(2)17-21(18-20(27)3)11-12-22-9-8-10-25(22)26(30)23-13-15-24(34-6)16-14-23;7-6(8)9-5-3-1-2-4-5;6-5-3-1-2-4-5;1-8-2(7)9-3(4,5)6;1-3-2/h14-19,26-27,29H,7-13,20-21H2,1-6H3;12-17,24-25,27H,6-11,18-19H2,1-5H3,(H,35,36);13-18,22,25H,7-12H2,1-6H3;5H,1-4H2;5-6H,1-4H2;1H3;1H3/t26-,29?;24-,27?;22-,25?;;;;/m001..../s1. The number of alkyl halides is 3. The Bertz CT molecular complexity index is 5050. The van der Waals surface area contributed by atoms with Crippen LogP contribution in [-0.4, -0.2) is 196 Å². The number of Topliss-reactive ketones (excluding diaryl/α,β-unsaturated/α-hetero) is 3. The number of aliphatic hydroxyl groups excluding tert-OH is 1. The number of carbonyl (C=O) groups is 10. The van der Waals surface area contributed by atoms with E-state index >= 15 is 0 Å². The minimum Gasteiger partial charge on any atom is -0.478 e. The lowest BCUT2D eigenvalue weighted by atomic mass is 9.84. The number of aliphatic hydroxyl groups is 1. The summed E-state index contributed by atoms with van der Waals surface area (Å²) in [7, 11) is 1.11. The molecule has 790 valence electrons. The molecule has 2 saturated heterocycles. The molecule has 7 aliphatic rings. The number of likely N-dealkylation sites (tertiary alicyclic amines) is 2. The summed E-state index contributed by atoms with van der Waals surface area (Å²) in [6.45, 7) is 27.8. The molecule has 6 atom stereocenters. The van der Waals surface area contributed by atoms with Gasteiger partial charge in [0.15, 0.2) is 34.2 Å². The van der Waals surface area contributed by atoms with Crippen LogP contribution in [0.25, 0.3) is 0 Å². The zero-order chi connectivity index (χ0) is 106. The fourth-order valence-electron chi connectivity index (χ4n) is 19.1. The lowest BCUT2D eigenvalue weighted by Gasteiger charge is -2.26. The highest BCUT2D eigenvalue weighted by atomic mass is 35.6. The van der Waals surface area contributed by atoms with Gasteiger partial charge in [-0.3, -0.25) is 14.4 Å². The number of aryl methyl sites for hydroxylation is 9. The first-order valence-corrected chi connectivity index (χ1v) is 56.0. The van der Waals surface area contributed by atoms with Crippen LogP contribution in [0.5, 0.6) is 17.2 Å². The number of hydrogen-bond acceptors (Lipinski definition) is 25. The maximum Gasteiger partial charge on any atom is 0.511 e. The van der Waals surface area contributed by atoms with Crippen LogP contribution in [-0.2, 0) is 66.8 Å². The molecule has 6 aromatic rings. The van der Waals surface area contributed by atoms with Gasteiger partial charge >= 0.3 is 45.7 Å². The molecule has 2 aliphatic heterocycles. The Morgan fingerprint density at radius 2 is 0.706 bits per heavy atom. The first-order valence-electron chi connectivity index (χ1n) is 49.7. The smallest absolute Gasteiger partial charge is 0.478 e. The number of rotatable bonds is 32. The summed E-state index contributed by atoms with van der Waals surface area (Å²) in [4.78, 5) is 130. The molecule has 2 heterocycles. The molecule has 2 N–H and O–H groups in total. The number of carboxylic acid groups (broad SMARTS) is 1. The summed E-state index contributed by atoms with van der Waals surface area (Å²) in [5.41, 5.74) is 7.19. The van der Waals surface area contributed by atoms with Crippen molar-refractivity contribution in [3.63, 3.8) is 0 Å². The Balaban J connectivity index is 0.000000257. The molecule has 2 amide bonds. The summed E-state index contributed by atoms with van der Waals surface area (Å²) in [5.74, 6) is 0.669. The van der Waals surface area contributed by atoms with Crippen molar-refractivity contribution in [3.8, 4) is 17.2 Å². The van der Waals surface area contributed by atoms with E-state index < -0.39 is 44.3 Å². The lowest BCUT2D eigenvalue weighted by molar-refractivity contribution is -0.159. The monoisotopic (exact) mass is 2140 g/mol. The van der Waals surface area contributed by atoms with Gasteiger partial charge in [0.1, 0.15) is 35.6 Å². The number of halogens is 5. The van der Waals surface area contributed by atoms with Crippen molar-refractivity contribution in [1.82, 2.24) is 9.80 Å². The highest BCUT2D eigenvalue weighted by Gasteiger charge is 2.45. The van der Waals surface area contributed by atoms with Crippen LogP contribution in [0.15, 0.2) is 124 Å². The largest absolute Gasteiger partial charge is 0.511 e. The molecule has 5 saturated carbocycles. The molecule has 13 rings (SSSR count). The van der Waals surface area contributed by atoms with Gasteiger partial charge in [0.25, 0.3) is 0 Å². The van der Waals surface area contributed by atoms with Crippen LogP contribution >= 0.6 is 93.8 Å².